The number of benzene rings is 1. The quantitative estimate of drug-likeness (QED) is 0.756. The van der Waals surface area contributed by atoms with Gasteiger partial charge in [0.15, 0.2) is 0 Å². The first-order valence-corrected chi connectivity index (χ1v) is 8.16. The highest BCUT2D eigenvalue weighted by Crippen LogP contribution is 2.33. The molecule has 0 N–H and O–H groups in total. The van der Waals surface area contributed by atoms with Gasteiger partial charge in [-0.05, 0) is 11.5 Å². The molecule has 0 saturated carbocycles. The SMILES string of the molecule is Clc1nc(N2CCOC3(CCOCC3)C2)cc2ccccc12. The van der Waals surface area contributed by atoms with E-state index >= 15 is 0 Å². The molecule has 4 rings (SSSR count). The van der Waals surface area contributed by atoms with Crippen LogP contribution in [0.25, 0.3) is 10.8 Å². The molecule has 3 heterocycles. The maximum absolute atomic E-state index is 6.37. The van der Waals surface area contributed by atoms with E-state index in [1.807, 2.05) is 18.2 Å². The van der Waals surface area contributed by atoms with Crippen LogP contribution in [-0.4, -0.2) is 43.5 Å². The lowest BCUT2D eigenvalue weighted by Crippen LogP contribution is -2.54. The lowest BCUT2D eigenvalue weighted by Gasteiger charge is -2.45. The smallest absolute Gasteiger partial charge is 0.139 e. The number of fused-ring (bicyclic) bond motifs is 1. The van der Waals surface area contributed by atoms with Crippen LogP contribution < -0.4 is 4.90 Å². The molecule has 22 heavy (non-hydrogen) atoms. The summed E-state index contributed by atoms with van der Waals surface area (Å²) in [6, 6.07) is 10.2. The Kier molecular flexibility index (Phi) is 3.68. The Morgan fingerprint density at radius 1 is 1.14 bits per heavy atom. The molecule has 2 aliphatic heterocycles. The van der Waals surface area contributed by atoms with Crippen molar-refractivity contribution in [2.75, 3.05) is 37.8 Å². The molecule has 0 atom stereocenters. The molecular weight excluding hydrogens is 300 g/mol. The molecule has 0 radical (unpaired) electrons. The van der Waals surface area contributed by atoms with Gasteiger partial charge in [-0.15, -0.1) is 0 Å². The zero-order valence-corrected chi connectivity index (χ0v) is 13.2. The average Bonchev–Trinajstić information content (AvgIpc) is 2.56. The first-order valence-electron chi connectivity index (χ1n) is 7.78. The second kappa shape index (κ2) is 5.69. The Bertz CT molecular complexity index is 680. The minimum atomic E-state index is -0.0870. The number of nitrogens with zero attached hydrogens (tertiary/aromatic N) is 2. The van der Waals surface area contributed by atoms with Crippen LogP contribution in [0.3, 0.4) is 0 Å². The van der Waals surface area contributed by atoms with E-state index in [9.17, 15) is 0 Å². The fraction of sp³-hybridized carbons (Fsp3) is 0.471. The number of pyridine rings is 1. The van der Waals surface area contributed by atoms with Crippen molar-refractivity contribution >= 4 is 28.2 Å². The molecule has 2 aromatic rings. The number of aromatic nitrogens is 1. The fourth-order valence-electron chi connectivity index (χ4n) is 3.39. The first-order chi connectivity index (χ1) is 10.8. The molecule has 2 fully saturated rings. The van der Waals surface area contributed by atoms with E-state index in [0.717, 1.165) is 62.3 Å². The van der Waals surface area contributed by atoms with Crippen LogP contribution in [0.4, 0.5) is 5.82 Å². The van der Waals surface area contributed by atoms with Crippen molar-refractivity contribution in [3.63, 3.8) is 0 Å². The predicted molar refractivity (Wildman–Crippen MR) is 87.7 cm³/mol. The van der Waals surface area contributed by atoms with E-state index in [1.165, 1.54) is 0 Å². The number of ether oxygens (including phenoxy) is 2. The maximum Gasteiger partial charge on any atom is 0.139 e. The van der Waals surface area contributed by atoms with Crippen molar-refractivity contribution in [2.45, 2.75) is 18.4 Å². The highest BCUT2D eigenvalue weighted by Gasteiger charge is 2.38. The Morgan fingerprint density at radius 3 is 2.82 bits per heavy atom. The van der Waals surface area contributed by atoms with Gasteiger partial charge in [0.1, 0.15) is 11.0 Å². The standard InChI is InChI=1S/C17H19ClN2O2/c18-16-14-4-2-1-3-13(14)11-15(19-16)20-7-10-22-17(12-20)5-8-21-9-6-17/h1-4,11H,5-10,12H2. The summed E-state index contributed by atoms with van der Waals surface area (Å²) in [5.41, 5.74) is -0.0870. The van der Waals surface area contributed by atoms with E-state index in [1.54, 1.807) is 0 Å². The number of hydrogen-bond acceptors (Lipinski definition) is 4. The molecule has 0 unspecified atom stereocenters. The molecule has 2 aliphatic rings. The van der Waals surface area contributed by atoms with Crippen LogP contribution in [0.2, 0.25) is 5.15 Å². The van der Waals surface area contributed by atoms with Crippen LogP contribution in [0.1, 0.15) is 12.8 Å². The van der Waals surface area contributed by atoms with Gasteiger partial charge in [-0.3, -0.25) is 0 Å². The van der Waals surface area contributed by atoms with Gasteiger partial charge in [-0.1, -0.05) is 35.9 Å². The minimum absolute atomic E-state index is 0.0870. The van der Waals surface area contributed by atoms with Crippen LogP contribution in [0, 0.1) is 0 Å². The van der Waals surface area contributed by atoms with Gasteiger partial charge in [-0.2, -0.15) is 0 Å². The van der Waals surface area contributed by atoms with E-state index in [2.05, 4.69) is 22.0 Å². The number of morpholine rings is 1. The van der Waals surface area contributed by atoms with E-state index in [-0.39, 0.29) is 5.60 Å². The molecule has 1 spiro atoms. The third-order valence-corrected chi connectivity index (χ3v) is 4.94. The van der Waals surface area contributed by atoms with Crippen molar-refractivity contribution in [3.8, 4) is 0 Å². The van der Waals surface area contributed by atoms with E-state index < -0.39 is 0 Å². The monoisotopic (exact) mass is 318 g/mol. The van der Waals surface area contributed by atoms with Crippen molar-refractivity contribution in [3.05, 3.63) is 35.5 Å². The summed E-state index contributed by atoms with van der Waals surface area (Å²) in [6.07, 6.45) is 1.90. The van der Waals surface area contributed by atoms with Crippen LogP contribution in [-0.2, 0) is 9.47 Å². The fourth-order valence-corrected chi connectivity index (χ4v) is 3.65. The third-order valence-electron chi connectivity index (χ3n) is 4.66. The number of hydrogen-bond donors (Lipinski definition) is 0. The molecule has 2 saturated heterocycles. The largest absolute Gasteiger partial charge is 0.381 e. The normalized spacial score (nSPS) is 21.4. The second-order valence-electron chi connectivity index (χ2n) is 6.06. The Balaban J connectivity index is 1.66. The van der Waals surface area contributed by atoms with Crippen LogP contribution in [0.15, 0.2) is 30.3 Å². The predicted octanol–water partition coefficient (Wildman–Crippen LogP) is 3.27. The van der Waals surface area contributed by atoms with Crippen LogP contribution in [0.5, 0.6) is 0 Å². The molecular formula is C17H19ClN2O2. The summed E-state index contributed by atoms with van der Waals surface area (Å²) >= 11 is 6.37. The molecule has 4 nitrogen and oxygen atoms in total. The van der Waals surface area contributed by atoms with Gasteiger partial charge in [0, 0.05) is 44.5 Å². The lowest BCUT2D eigenvalue weighted by atomic mass is 9.92. The van der Waals surface area contributed by atoms with Gasteiger partial charge in [0.25, 0.3) is 0 Å². The van der Waals surface area contributed by atoms with Crippen molar-refractivity contribution in [2.24, 2.45) is 0 Å². The number of anilines is 1. The third kappa shape index (κ3) is 2.56. The Hall–Kier alpha value is -1.36. The van der Waals surface area contributed by atoms with Gasteiger partial charge >= 0.3 is 0 Å². The van der Waals surface area contributed by atoms with Crippen molar-refractivity contribution in [1.82, 2.24) is 4.98 Å². The molecule has 0 bridgehead atoms. The van der Waals surface area contributed by atoms with E-state index in [0.29, 0.717) is 5.15 Å². The van der Waals surface area contributed by atoms with Crippen molar-refractivity contribution < 1.29 is 9.47 Å². The van der Waals surface area contributed by atoms with Crippen LogP contribution >= 0.6 is 11.6 Å². The molecule has 1 aromatic heterocycles. The number of halogens is 1. The summed E-state index contributed by atoms with van der Waals surface area (Å²) < 4.78 is 11.6. The van der Waals surface area contributed by atoms with Gasteiger partial charge in [-0.25, -0.2) is 4.98 Å². The molecule has 5 heteroatoms. The Labute approximate surface area is 135 Å². The summed E-state index contributed by atoms with van der Waals surface area (Å²) in [4.78, 5) is 6.91. The lowest BCUT2D eigenvalue weighted by molar-refractivity contribution is -0.116. The first kappa shape index (κ1) is 14.2. The highest BCUT2D eigenvalue weighted by atomic mass is 35.5. The maximum atomic E-state index is 6.37. The van der Waals surface area contributed by atoms with E-state index in [4.69, 9.17) is 21.1 Å². The Morgan fingerprint density at radius 2 is 1.95 bits per heavy atom. The van der Waals surface area contributed by atoms with Crippen molar-refractivity contribution in [1.29, 1.82) is 0 Å². The van der Waals surface area contributed by atoms with Gasteiger partial charge in [0.05, 0.1) is 12.2 Å². The molecule has 116 valence electrons. The summed E-state index contributed by atoms with van der Waals surface area (Å²) in [5.74, 6) is 0.942. The average molecular weight is 319 g/mol. The minimum Gasteiger partial charge on any atom is -0.381 e. The summed E-state index contributed by atoms with van der Waals surface area (Å²) in [5, 5.41) is 2.70. The molecule has 1 aromatic carbocycles. The highest BCUT2D eigenvalue weighted by molar-refractivity contribution is 6.34. The van der Waals surface area contributed by atoms with Gasteiger partial charge < -0.3 is 14.4 Å². The molecule has 0 amide bonds. The zero-order chi connectivity index (χ0) is 15.0. The zero-order valence-electron chi connectivity index (χ0n) is 12.4. The molecule has 0 aliphatic carbocycles. The topological polar surface area (TPSA) is 34.6 Å². The number of rotatable bonds is 1. The summed E-state index contributed by atoms with van der Waals surface area (Å²) in [7, 11) is 0. The summed E-state index contributed by atoms with van der Waals surface area (Å²) in [6.45, 7) is 3.99. The second-order valence-corrected chi connectivity index (χ2v) is 6.42. The van der Waals surface area contributed by atoms with Gasteiger partial charge in [0.2, 0.25) is 0 Å².